The summed E-state index contributed by atoms with van der Waals surface area (Å²) in [6, 6.07) is 7.71. The van der Waals surface area contributed by atoms with Crippen LogP contribution in [0.1, 0.15) is 20.3 Å². The molecule has 0 saturated heterocycles. The molecule has 0 bridgehead atoms. The Balaban J connectivity index is 2.18. The number of halogens is 1. The molecule has 0 aliphatic heterocycles. The summed E-state index contributed by atoms with van der Waals surface area (Å²) in [5, 5.41) is 6.52. The third-order valence-electron chi connectivity index (χ3n) is 2.98. The van der Waals surface area contributed by atoms with E-state index in [2.05, 4.69) is 27.5 Å². The molecule has 2 aromatic rings. The third-order valence-corrected chi connectivity index (χ3v) is 3.25. The van der Waals surface area contributed by atoms with Crippen molar-refractivity contribution in [1.29, 1.82) is 0 Å². The van der Waals surface area contributed by atoms with Crippen LogP contribution in [-0.4, -0.2) is 23.1 Å². The van der Waals surface area contributed by atoms with E-state index in [-0.39, 0.29) is 6.10 Å². The van der Waals surface area contributed by atoms with Crippen LogP contribution in [0.3, 0.4) is 0 Å². The van der Waals surface area contributed by atoms with Gasteiger partial charge in [-0.2, -0.15) is 4.98 Å². The van der Waals surface area contributed by atoms with E-state index in [1.807, 2.05) is 31.2 Å². The highest BCUT2D eigenvalue weighted by Crippen LogP contribution is 2.26. The Morgan fingerprint density at radius 3 is 2.90 bits per heavy atom. The Morgan fingerprint density at radius 2 is 2.19 bits per heavy atom. The highest BCUT2D eigenvalue weighted by atomic mass is 35.5. The Kier molecular flexibility index (Phi) is 5.22. The van der Waals surface area contributed by atoms with Crippen LogP contribution in [0.4, 0.5) is 17.5 Å². The molecule has 2 rings (SSSR count). The number of hydrogen-bond donors (Lipinski definition) is 2. The van der Waals surface area contributed by atoms with Gasteiger partial charge in [0.2, 0.25) is 5.95 Å². The number of anilines is 3. The molecule has 1 unspecified atom stereocenters. The van der Waals surface area contributed by atoms with Crippen LogP contribution in [0, 0.1) is 0 Å². The number of nitrogens with one attached hydrogen (secondary N) is 2. The lowest BCUT2D eigenvalue weighted by Gasteiger charge is -2.14. The maximum absolute atomic E-state index is 6.10. The average molecular weight is 307 g/mol. The van der Waals surface area contributed by atoms with Crippen molar-refractivity contribution in [2.45, 2.75) is 26.4 Å². The number of benzene rings is 1. The molecule has 6 heteroatoms. The lowest BCUT2D eigenvalue weighted by atomic mass is 10.2. The van der Waals surface area contributed by atoms with Crippen molar-refractivity contribution in [3.8, 4) is 5.75 Å². The summed E-state index contributed by atoms with van der Waals surface area (Å²) in [5.41, 5.74) is 0.860. The van der Waals surface area contributed by atoms with Gasteiger partial charge < -0.3 is 15.4 Å². The first-order valence-electron chi connectivity index (χ1n) is 6.86. The highest BCUT2D eigenvalue weighted by molar-refractivity contribution is 6.32. The van der Waals surface area contributed by atoms with E-state index in [0.29, 0.717) is 16.8 Å². The fourth-order valence-corrected chi connectivity index (χ4v) is 1.81. The minimum atomic E-state index is 0.179. The lowest BCUT2D eigenvalue weighted by molar-refractivity contribution is 0.217. The minimum Gasteiger partial charge on any atom is -0.491 e. The van der Waals surface area contributed by atoms with Crippen LogP contribution >= 0.6 is 11.6 Å². The van der Waals surface area contributed by atoms with Crippen LogP contribution < -0.4 is 15.4 Å². The molecule has 5 nitrogen and oxygen atoms in total. The van der Waals surface area contributed by atoms with Gasteiger partial charge in [0.25, 0.3) is 0 Å². The van der Waals surface area contributed by atoms with E-state index in [0.717, 1.165) is 17.9 Å². The van der Waals surface area contributed by atoms with Crippen molar-refractivity contribution in [2.75, 3.05) is 17.7 Å². The van der Waals surface area contributed by atoms with Crippen molar-refractivity contribution in [3.05, 3.63) is 35.5 Å². The van der Waals surface area contributed by atoms with Gasteiger partial charge >= 0.3 is 0 Å². The van der Waals surface area contributed by atoms with E-state index >= 15 is 0 Å². The maximum Gasteiger partial charge on any atom is 0.224 e. The molecule has 1 aromatic heterocycles. The summed E-state index contributed by atoms with van der Waals surface area (Å²) in [4.78, 5) is 8.33. The van der Waals surface area contributed by atoms with Gasteiger partial charge in [-0.3, -0.25) is 0 Å². The van der Waals surface area contributed by atoms with Gasteiger partial charge in [-0.25, -0.2) is 4.98 Å². The first-order chi connectivity index (χ1) is 10.1. The zero-order valence-corrected chi connectivity index (χ0v) is 13.1. The van der Waals surface area contributed by atoms with E-state index in [4.69, 9.17) is 16.3 Å². The normalized spacial score (nSPS) is 11.8. The molecule has 21 heavy (non-hydrogen) atoms. The minimum absolute atomic E-state index is 0.179. The number of rotatable bonds is 6. The van der Waals surface area contributed by atoms with E-state index in [1.165, 1.54) is 0 Å². The monoisotopic (exact) mass is 306 g/mol. The van der Waals surface area contributed by atoms with E-state index < -0.39 is 0 Å². The molecule has 2 N–H and O–H groups in total. The van der Waals surface area contributed by atoms with Gasteiger partial charge in [0.1, 0.15) is 10.8 Å². The number of ether oxygens (including phenoxy) is 1. The predicted molar refractivity (Wildman–Crippen MR) is 86.7 cm³/mol. The molecule has 1 aromatic carbocycles. The Morgan fingerprint density at radius 1 is 1.38 bits per heavy atom. The largest absolute Gasteiger partial charge is 0.491 e. The van der Waals surface area contributed by atoms with Crippen LogP contribution in [0.2, 0.25) is 5.02 Å². The van der Waals surface area contributed by atoms with Gasteiger partial charge in [-0.05, 0) is 25.5 Å². The molecule has 1 heterocycles. The molecule has 0 aliphatic carbocycles. The van der Waals surface area contributed by atoms with Crippen LogP contribution in [-0.2, 0) is 0 Å². The highest BCUT2D eigenvalue weighted by Gasteiger charge is 2.07. The second kappa shape index (κ2) is 7.13. The van der Waals surface area contributed by atoms with Crippen LogP contribution in [0.15, 0.2) is 30.5 Å². The summed E-state index contributed by atoms with van der Waals surface area (Å²) in [7, 11) is 1.76. The zero-order valence-electron chi connectivity index (χ0n) is 12.4. The summed E-state index contributed by atoms with van der Waals surface area (Å²) in [6.45, 7) is 4.13. The Hall–Kier alpha value is -2.01. The molecule has 0 spiro atoms. The standard InChI is InChI=1S/C15H19ClN4O/c1-4-10(2)21-12-7-5-6-11(8-12)19-14-13(16)9-18-15(17-3)20-14/h5-10H,4H2,1-3H3,(H2,17,18,19,20). The van der Waals surface area contributed by atoms with Crippen molar-refractivity contribution < 1.29 is 4.74 Å². The van der Waals surface area contributed by atoms with Crippen molar-refractivity contribution in [3.63, 3.8) is 0 Å². The van der Waals surface area contributed by atoms with Crippen LogP contribution in [0.25, 0.3) is 0 Å². The van der Waals surface area contributed by atoms with Crippen LogP contribution in [0.5, 0.6) is 5.75 Å². The Bertz CT molecular complexity index is 606. The fourth-order valence-electron chi connectivity index (χ4n) is 1.67. The molecule has 0 saturated carbocycles. The number of aromatic nitrogens is 2. The predicted octanol–water partition coefficient (Wildman–Crippen LogP) is 4.09. The Labute approximate surface area is 129 Å². The van der Waals surface area contributed by atoms with Crippen molar-refractivity contribution >= 4 is 29.1 Å². The summed E-state index contributed by atoms with van der Waals surface area (Å²) >= 11 is 6.10. The van der Waals surface area contributed by atoms with E-state index in [9.17, 15) is 0 Å². The average Bonchev–Trinajstić information content (AvgIpc) is 2.49. The third kappa shape index (κ3) is 4.23. The van der Waals surface area contributed by atoms with Crippen molar-refractivity contribution in [1.82, 2.24) is 9.97 Å². The topological polar surface area (TPSA) is 59.1 Å². The first kappa shape index (κ1) is 15.4. The van der Waals surface area contributed by atoms with E-state index in [1.54, 1.807) is 13.2 Å². The lowest BCUT2D eigenvalue weighted by Crippen LogP contribution is -2.09. The second-order valence-corrected chi connectivity index (χ2v) is 5.04. The second-order valence-electron chi connectivity index (χ2n) is 4.63. The molecule has 1 atom stereocenters. The molecular weight excluding hydrogens is 288 g/mol. The maximum atomic E-state index is 6.10. The fraction of sp³-hybridized carbons (Fsp3) is 0.333. The van der Waals surface area contributed by atoms with Gasteiger partial charge in [0, 0.05) is 18.8 Å². The summed E-state index contributed by atoms with van der Waals surface area (Å²) in [6.07, 6.45) is 2.70. The first-order valence-corrected chi connectivity index (χ1v) is 7.24. The number of hydrogen-bond acceptors (Lipinski definition) is 5. The summed E-state index contributed by atoms with van der Waals surface area (Å²) < 4.78 is 5.80. The smallest absolute Gasteiger partial charge is 0.224 e. The molecular formula is C15H19ClN4O. The van der Waals surface area contributed by atoms with Gasteiger partial charge in [-0.15, -0.1) is 0 Å². The SMILES string of the molecule is CCC(C)Oc1cccc(Nc2nc(NC)ncc2Cl)c1. The molecule has 0 amide bonds. The van der Waals surface area contributed by atoms with Gasteiger partial charge in [-0.1, -0.05) is 24.6 Å². The van der Waals surface area contributed by atoms with Gasteiger partial charge in [0.05, 0.1) is 12.3 Å². The molecule has 112 valence electrons. The molecule has 0 aliphatic rings. The van der Waals surface area contributed by atoms with Gasteiger partial charge in [0.15, 0.2) is 5.82 Å². The molecule has 0 radical (unpaired) electrons. The summed E-state index contributed by atoms with van der Waals surface area (Å²) in [5.74, 6) is 1.87. The zero-order chi connectivity index (χ0) is 15.2. The van der Waals surface area contributed by atoms with Crippen molar-refractivity contribution in [2.24, 2.45) is 0 Å². The number of nitrogens with zero attached hydrogens (tertiary/aromatic N) is 2. The molecule has 0 fully saturated rings. The quantitative estimate of drug-likeness (QED) is 0.841.